The quantitative estimate of drug-likeness (QED) is 0.875. The summed E-state index contributed by atoms with van der Waals surface area (Å²) in [5, 5.41) is 3.94. The molecule has 5 nitrogen and oxygen atoms in total. The summed E-state index contributed by atoms with van der Waals surface area (Å²) in [7, 11) is 0. The molecule has 0 spiro atoms. The van der Waals surface area contributed by atoms with Gasteiger partial charge in [0, 0.05) is 19.0 Å². The zero-order valence-corrected chi connectivity index (χ0v) is 13.3. The molecule has 1 unspecified atom stereocenters. The lowest BCUT2D eigenvalue weighted by Crippen LogP contribution is -2.33. The Labute approximate surface area is 126 Å². The fraction of sp³-hybridized carbons (Fsp3) is 0.750. The van der Waals surface area contributed by atoms with Gasteiger partial charge >= 0.3 is 0 Å². The third kappa shape index (κ3) is 4.06. The number of hydrogen-bond acceptors (Lipinski definition) is 4. The minimum Gasteiger partial charge on any atom is -0.359 e. The first kappa shape index (κ1) is 16.0. The Morgan fingerprint density at radius 3 is 2.90 bits per heavy atom. The van der Waals surface area contributed by atoms with Crippen molar-refractivity contribution in [2.24, 2.45) is 17.6 Å². The van der Waals surface area contributed by atoms with E-state index in [1.165, 1.54) is 0 Å². The van der Waals surface area contributed by atoms with Crippen LogP contribution in [0.15, 0.2) is 10.6 Å². The molecule has 118 valence electrons. The van der Waals surface area contributed by atoms with Crippen LogP contribution in [0.2, 0.25) is 0 Å². The molecule has 2 rings (SSSR count). The first-order chi connectivity index (χ1) is 10.0. The van der Waals surface area contributed by atoms with Crippen LogP contribution in [0.3, 0.4) is 0 Å². The molecule has 1 amide bonds. The van der Waals surface area contributed by atoms with Crippen molar-refractivity contribution in [3.63, 3.8) is 0 Å². The van der Waals surface area contributed by atoms with Crippen LogP contribution in [-0.2, 0) is 4.79 Å². The molecule has 1 aromatic rings. The molecule has 0 saturated carbocycles. The van der Waals surface area contributed by atoms with Crippen molar-refractivity contribution in [1.29, 1.82) is 0 Å². The highest BCUT2D eigenvalue weighted by Crippen LogP contribution is 2.33. The molecule has 1 saturated heterocycles. The van der Waals surface area contributed by atoms with Crippen molar-refractivity contribution in [2.45, 2.75) is 52.5 Å². The van der Waals surface area contributed by atoms with Crippen LogP contribution in [0.1, 0.15) is 57.0 Å². The van der Waals surface area contributed by atoms with Gasteiger partial charge < -0.3 is 15.2 Å². The molecule has 1 aliphatic rings. The number of hydrogen-bond donors (Lipinski definition) is 1. The molecule has 0 aliphatic carbocycles. The van der Waals surface area contributed by atoms with Crippen molar-refractivity contribution in [1.82, 2.24) is 10.1 Å². The number of carbonyl (C=O) groups excluding carboxylic acids is 1. The molecule has 0 bridgehead atoms. The van der Waals surface area contributed by atoms with Crippen molar-refractivity contribution in [3.05, 3.63) is 17.5 Å². The molecule has 0 aromatic carbocycles. The Kier molecular flexibility index (Phi) is 5.39. The molecule has 5 heteroatoms. The first-order valence-corrected chi connectivity index (χ1v) is 7.94. The number of nitrogens with two attached hydrogens (primary N) is 1. The molecular formula is C16H27N3O2. The minimum absolute atomic E-state index is 0.0520. The Bertz CT molecular complexity index is 470. The summed E-state index contributed by atoms with van der Waals surface area (Å²) < 4.78 is 5.36. The number of likely N-dealkylation sites (tertiary alicyclic amines) is 1. The largest absolute Gasteiger partial charge is 0.359 e. The third-order valence-corrected chi connectivity index (χ3v) is 4.15. The van der Waals surface area contributed by atoms with Gasteiger partial charge in [-0.2, -0.15) is 0 Å². The predicted molar refractivity (Wildman–Crippen MR) is 81.5 cm³/mol. The molecule has 2 atom stereocenters. The third-order valence-electron chi connectivity index (χ3n) is 4.15. The highest BCUT2D eigenvalue weighted by atomic mass is 16.5. The van der Waals surface area contributed by atoms with Crippen LogP contribution in [0.25, 0.3) is 0 Å². The lowest BCUT2D eigenvalue weighted by Gasteiger charge is -2.25. The van der Waals surface area contributed by atoms with Gasteiger partial charge in [-0.1, -0.05) is 19.0 Å². The van der Waals surface area contributed by atoms with Gasteiger partial charge in [-0.05, 0) is 44.6 Å². The maximum atomic E-state index is 12.6. The van der Waals surface area contributed by atoms with Crippen LogP contribution in [-0.4, -0.2) is 29.1 Å². The number of aromatic nitrogens is 1. The average molecular weight is 293 g/mol. The van der Waals surface area contributed by atoms with Gasteiger partial charge in [0.05, 0.1) is 11.7 Å². The Balaban J connectivity index is 2.00. The Hall–Kier alpha value is -1.36. The van der Waals surface area contributed by atoms with Gasteiger partial charge in [0.2, 0.25) is 5.91 Å². The summed E-state index contributed by atoms with van der Waals surface area (Å²) in [5.41, 5.74) is 6.68. The van der Waals surface area contributed by atoms with Crippen LogP contribution in [0.4, 0.5) is 0 Å². The van der Waals surface area contributed by atoms with Gasteiger partial charge in [0.1, 0.15) is 0 Å². The molecule has 21 heavy (non-hydrogen) atoms. The highest BCUT2D eigenvalue weighted by Gasteiger charge is 2.33. The lowest BCUT2D eigenvalue weighted by atomic mass is 9.93. The summed E-state index contributed by atoms with van der Waals surface area (Å²) in [4.78, 5) is 14.5. The van der Waals surface area contributed by atoms with Gasteiger partial charge in [-0.15, -0.1) is 0 Å². The normalized spacial score (nSPS) is 20.2. The standard InChI is InChI=1S/C16H27N3O2/c1-11(2)7-13(10-17)9-16(20)19-6-4-5-14(19)15-8-12(3)18-21-15/h8,11,13-14H,4-7,9-10,17H2,1-3H3/t13-,14?/m0/s1. The fourth-order valence-electron chi connectivity index (χ4n) is 3.20. The lowest BCUT2D eigenvalue weighted by molar-refractivity contribution is -0.133. The second-order valence-electron chi connectivity index (χ2n) is 6.55. The van der Waals surface area contributed by atoms with Gasteiger partial charge in [0.15, 0.2) is 5.76 Å². The Morgan fingerprint density at radius 2 is 2.33 bits per heavy atom. The molecule has 0 radical (unpaired) electrons. The highest BCUT2D eigenvalue weighted by molar-refractivity contribution is 5.77. The number of nitrogens with zero attached hydrogens (tertiary/aromatic N) is 2. The topological polar surface area (TPSA) is 72.4 Å². The van der Waals surface area contributed by atoms with E-state index in [0.717, 1.165) is 37.3 Å². The van der Waals surface area contributed by atoms with Crippen molar-refractivity contribution < 1.29 is 9.32 Å². The van der Waals surface area contributed by atoms with E-state index in [4.69, 9.17) is 10.3 Å². The smallest absolute Gasteiger partial charge is 0.223 e. The summed E-state index contributed by atoms with van der Waals surface area (Å²) in [6.07, 6.45) is 3.52. The van der Waals surface area contributed by atoms with Gasteiger partial charge in [-0.25, -0.2) is 0 Å². The van der Waals surface area contributed by atoms with Crippen molar-refractivity contribution in [3.8, 4) is 0 Å². The maximum Gasteiger partial charge on any atom is 0.223 e. The molecule has 2 N–H and O–H groups in total. The summed E-state index contributed by atoms with van der Waals surface area (Å²) in [6.45, 7) is 7.62. The van der Waals surface area contributed by atoms with E-state index in [2.05, 4.69) is 19.0 Å². The summed E-state index contributed by atoms with van der Waals surface area (Å²) >= 11 is 0. The van der Waals surface area contributed by atoms with E-state index in [0.29, 0.717) is 18.9 Å². The summed E-state index contributed by atoms with van der Waals surface area (Å²) in [6, 6.07) is 1.99. The van der Waals surface area contributed by atoms with E-state index >= 15 is 0 Å². The molecular weight excluding hydrogens is 266 g/mol. The van der Waals surface area contributed by atoms with Crippen LogP contribution >= 0.6 is 0 Å². The molecule has 1 aliphatic heterocycles. The average Bonchev–Trinajstić information content (AvgIpc) is 3.05. The molecule has 1 fully saturated rings. The predicted octanol–water partition coefficient (Wildman–Crippen LogP) is 2.66. The number of amides is 1. The van der Waals surface area contributed by atoms with E-state index in [9.17, 15) is 4.79 Å². The first-order valence-electron chi connectivity index (χ1n) is 7.94. The molecule has 2 heterocycles. The van der Waals surface area contributed by atoms with E-state index in [-0.39, 0.29) is 17.9 Å². The minimum atomic E-state index is 0.0520. The number of aryl methyl sites for hydroxylation is 1. The van der Waals surface area contributed by atoms with Gasteiger partial charge in [-0.3, -0.25) is 4.79 Å². The molecule has 1 aromatic heterocycles. The van der Waals surface area contributed by atoms with Crippen LogP contribution in [0.5, 0.6) is 0 Å². The van der Waals surface area contributed by atoms with Crippen molar-refractivity contribution >= 4 is 5.91 Å². The number of carbonyl (C=O) groups is 1. The van der Waals surface area contributed by atoms with E-state index < -0.39 is 0 Å². The number of rotatable bonds is 6. The van der Waals surface area contributed by atoms with Crippen LogP contribution < -0.4 is 5.73 Å². The van der Waals surface area contributed by atoms with E-state index in [1.807, 2.05) is 17.9 Å². The van der Waals surface area contributed by atoms with Crippen molar-refractivity contribution in [2.75, 3.05) is 13.1 Å². The fourth-order valence-corrected chi connectivity index (χ4v) is 3.20. The van der Waals surface area contributed by atoms with Gasteiger partial charge in [0.25, 0.3) is 0 Å². The monoisotopic (exact) mass is 293 g/mol. The zero-order chi connectivity index (χ0) is 15.4. The van der Waals surface area contributed by atoms with E-state index in [1.54, 1.807) is 0 Å². The maximum absolute atomic E-state index is 12.6. The SMILES string of the molecule is Cc1cc(C2CCCN2C(=O)C[C@@H](CN)CC(C)C)on1. The second kappa shape index (κ2) is 7.07. The van der Waals surface area contributed by atoms with Crippen LogP contribution in [0, 0.1) is 18.8 Å². The Morgan fingerprint density at radius 1 is 1.57 bits per heavy atom. The second-order valence-corrected chi connectivity index (χ2v) is 6.55. The zero-order valence-electron chi connectivity index (χ0n) is 13.3. The summed E-state index contributed by atoms with van der Waals surface area (Å²) in [5.74, 6) is 1.85.